The summed E-state index contributed by atoms with van der Waals surface area (Å²) in [5.74, 6) is 0. The normalized spacial score (nSPS) is 11.7. The Balaban J connectivity index is 2.73. The Morgan fingerprint density at radius 1 is 1.57 bits per heavy atom. The van der Waals surface area contributed by atoms with Gasteiger partial charge in [-0.1, -0.05) is 18.5 Å². The molecule has 4 nitrogen and oxygen atoms in total. The highest BCUT2D eigenvalue weighted by Crippen LogP contribution is 2.23. The second-order valence-electron chi connectivity index (χ2n) is 3.05. The average Bonchev–Trinajstić information content (AvgIpc) is 2.61. The molecule has 1 aromatic heterocycles. The maximum Gasteiger partial charge on any atom is 0.184 e. The van der Waals surface area contributed by atoms with Gasteiger partial charge in [0, 0.05) is 5.38 Å². The molecule has 0 aromatic carbocycles. The number of aliphatic hydroxyl groups excluding tert-OH is 2. The first kappa shape index (κ1) is 11.7. The molecule has 80 valence electrons. The predicted molar refractivity (Wildman–Crippen MR) is 57.9 cm³/mol. The number of rotatable bonds is 5. The minimum atomic E-state index is -0.707. The highest BCUT2D eigenvalue weighted by Gasteiger charge is 2.27. The van der Waals surface area contributed by atoms with E-state index in [1.165, 1.54) is 11.3 Å². The van der Waals surface area contributed by atoms with Crippen LogP contribution in [0.25, 0.3) is 0 Å². The SMILES string of the molecule is CCC(CO)(CO)Nc1nc(Cl)cs1. The van der Waals surface area contributed by atoms with Crippen LogP contribution in [0, 0.1) is 0 Å². The van der Waals surface area contributed by atoms with Crippen molar-refractivity contribution in [1.82, 2.24) is 4.98 Å². The van der Waals surface area contributed by atoms with E-state index in [-0.39, 0.29) is 13.2 Å². The van der Waals surface area contributed by atoms with Crippen LogP contribution in [0.2, 0.25) is 5.15 Å². The molecule has 0 saturated carbocycles. The lowest BCUT2D eigenvalue weighted by atomic mass is 9.99. The van der Waals surface area contributed by atoms with E-state index in [1.54, 1.807) is 5.38 Å². The molecule has 0 radical (unpaired) electrons. The summed E-state index contributed by atoms with van der Waals surface area (Å²) in [6.07, 6.45) is 0.608. The first-order valence-electron chi connectivity index (χ1n) is 4.26. The van der Waals surface area contributed by atoms with Crippen molar-refractivity contribution in [1.29, 1.82) is 0 Å². The Bertz CT molecular complexity index is 280. The Labute approximate surface area is 91.6 Å². The highest BCUT2D eigenvalue weighted by atomic mass is 35.5. The van der Waals surface area contributed by atoms with Gasteiger partial charge in [0.1, 0.15) is 5.15 Å². The van der Waals surface area contributed by atoms with Gasteiger partial charge in [-0.15, -0.1) is 11.3 Å². The largest absolute Gasteiger partial charge is 0.394 e. The van der Waals surface area contributed by atoms with Crippen LogP contribution >= 0.6 is 22.9 Å². The minimum absolute atomic E-state index is 0.142. The quantitative estimate of drug-likeness (QED) is 0.722. The third-order valence-electron chi connectivity index (χ3n) is 2.13. The Morgan fingerprint density at radius 2 is 2.21 bits per heavy atom. The third-order valence-corrected chi connectivity index (χ3v) is 3.21. The van der Waals surface area contributed by atoms with Crippen molar-refractivity contribution >= 4 is 28.1 Å². The van der Waals surface area contributed by atoms with Crippen LogP contribution in [0.15, 0.2) is 5.38 Å². The Hall–Kier alpha value is -0.360. The summed E-state index contributed by atoms with van der Waals surface area (Å²) in [6, 6.07) is 0. The molecule has 0 fully saturated rings. The summed E-state index contributed by atoms with van der Waals surface area (Å²) in [7, 11) is 0. The fourth-order valence-electron chi connectivity index (χ4n) is 0.979. The maximum atomic E-state index is 9.17. The smallest absolute Gasteiger partial charge is 0.184 e. The van der Waals surface area contributed by atoms with Gasteiger partial charge in [0.2, 0.25) is 0 Å². The van der Waals surface area contributed by atoms with E-state index >= 15 is 0 Å². The topological polar surface area (TPSA) is 65.4 Å². The molecule has 0 aliphatic heterocycles. The average molecular weight is 237 g/mol. The van der Waals surface area contributed by atoms with Gasteiger partial charge in [-0.2, -0.15) is 0 Å². The van der Waals surface area contributed by atoms with E-state index in [9.17, 15) is 0 Å². The van der Waals surface area contributed by atoms with Crippen molar-refractivity contribution in [2.75, 3.05) is 18.5 Å². The van der Waals surface area contributed by atoms with Crippen molar-refractivity contribution in [3.63, 3.8) is 0 Å². The molecule has 0 saturated heterocycles. The van der Waals surface area contributed by atoms with Crippen LogP contribution in [0.1, 0.15) is 13.3 Å². The van der Waals surface area contributed by atoms with Crippen molar-refractivity contribution in [3.05, 3.63) is 10.5 Å². The zero-order chi connectivity index (χ0) is 10.6. The molecule has 0 spiro atoms. The van der Waals surface area contributed by atoms with Gasteiger partial charge in [-0.05, 0) is 6.42 Å². The molecule has 0 atom stereocenters. The highest BCUT2D eigenvalue weighted by molar-refractivity contribution is 7.14. The number of aromatic nitrogens is 1. The molecular formula is C8H13ClN2O2S. The third kappa shape index (κ3) is 2.57. The predicted octanol–water partition coefficient (Wildman–Crippen LogP) is 1.34. The van der Waals surface area contributed by atoms with E-state index in [0.717, 1.165) is 0 Å². The lowest BCUT2D eigenvalue weighted by Crippen LogP contribution is -2.45. The first-order chi connectivity index (χ1) is 6.65. The van der Waals surface area contributed by atoms with E-state index < -0.39 is 5.54 Å². The summed E-state index contributed by atoms with van der Waals surface area (Å²) in [4.78, 5) is 3.99. The summed E-state index contributed by atoms with van der Waals surface area (Å²) >= 11 is 7.00. The Morgan fingerprint density at radius 3 is 2.57 bits per heavy atom. The van der Waals surface area contributed by atoms with Crippen LogP contribution in [0.3, 0.4) is 0 Å². The minimum Gasteiger partial charge on any atom is -0.394 e. The summed E-state index contributed by atoms with van der Waals surface area (Å²) in [6.45, 7) is 1.60. The van der Waals surface area contributed by atoms with E-state index in [2.05, 4.69) is 10.3 Å². The lowest BCUT2D eigenvalue weighted by Gasteiger charge is -2.29. The van der Waals surface area contributed by atoms with Crippen LogP contribution in [-0.2, 0) is 0 Å². The number of hydrogen-bond acceptors (Lipinski definition) is 5. The van der Waals surface area contributed by atoms with Gasteiger partial charge in [0.05, 0.1) is 18.8 Å². The fraction of sp³-hybridized carbons (Fsp3) is 0.625. The first-order valence-corrected chi connectivity index (χ1v) is 5.52. The second-order valence-corrected chi connectivity index (χ2v) is 4.30. The van der Waals surface area contributed by atoms with Crippen molar-refractivity contribution in [2.24, 2.45) is 0 Å². The number of hydrogen-bond donors (Lipinski definition) is 3. The molecule has 3 N–H and O–H groups in total. The van der Waals surface area contributed by atoms with Gasteiger partial charge in [0.15, 0.2) is 5.13 Å². The van der Waals surface area contributed by atoms with Crippen molar-refractivity contribution in [2.45, 2.75) is 18.9 Å². The second kappa shape index (κ2) is 4.93. The number of anilines is 1. The standard InChI is InChI=1S/C8H13ClN2O2S/c1-2-8(4-12,5-13)11-7-10-6(9)3-14-7/h3,12-13H,2,4-5H2,1H3,(H,10,11). The zero-order valence-corrected chi connectivity index (χ0v) is 9.40. The molecule has 14 heavy (non-hydrogen) atoms. The zero-order valence-electron chi connectivity index (χ0n) is 7.83. The van der Waals surface area contributed by atoms with Crippen LogP contribution in [0.4, 0.5) is 5.13 Å². The molecule has 0 amide bonds. The van der Waals surface area contributed by atoms with Gasteiger partial charge in [-0.25, -0.2) is 4.98 Å². The van der Waals surface area contributed by atoms with Crippen LogP contribution in [-0.4, -0.2) is 33.9 Å². The Kier molecular flexibility index (Phi) is 4.12. The van der Waals surface area contributed by atoms with Crippen molar-refractivity contribution in [3.8, 4) is 0 Å². The molecule has 1 heterocycles. The number of aliphatic hydroxyl groups is 2. The van der Waals surface area contributed by atoms with E-state index in [1.807, 2.05) is 6.92 Å². The molecule has 1 rings (SSSR count). The van der Waals surface area contributed by atoms with E-state index in [4.69, 9.17) is 21.8 Å². The lowest BCUT2D eigenvalue weighted by molar-refractivity contribution is 0.132. The number of nitrogens with one attached hydrogen (secondary N) is 1. The molecule has 1 aromatic rings. The molecule has 6 heteroatoms. The number of halogens is 1. The monoisotopic (exact) mass is 236 g/mol. The molecule has 0 aliphatic rings. The summed E-state index contributed by atoms with van der Waals surface area (Å²) in [5.41, 5.74) is -0.707. The van der Waals surface area contributed by atoms with E-state index in [0.29, 0.717) is 16.7 Å². The van der Waals surface area contributed by atoms with Crippen molar-refractivity contribution < 1.29 is 10.2 Å². The van der Waals surface area contributed by atoms with Crippen LogP contribution in [0.5, 0.6) is 0 Å². The maximum absolute atomic E-state index is 9.17. The molecule has 0 unspecified atom stereocenters. The number of thiazole rings is 1. The van der Waals surface area contributed by atoms with Gasteiger partial charge in [-0.3, -0.25) is 0 Å². The van der Waals surface area contributed by atoms with Gasteiger partial charge < -0.3 is 15.5 Å². The molecular weight excluding hydrogens is 224 g/mol. The van der Waals surface area contributed by atoms with Crippen LogP contribution < -0.4 is 5.32 Å². The molecule has 0 bridgehead atoms. The summed E-state index contributed by atoms with van der Waals surface area (Å²) in [5, 5.41) is 24.0. The van der Waals surface area contributed by atoms with Gasteiger partial charge >= 0.3 is 0 Å². The fourth-order valence-corrected chi connectivity index (χ4v) is 1.94. The molecule has 0 aliphatic carbocycles. The number of nitrogens with zero attached hydrogens (tertiary/aromatic N) is 1. The van der Waals surface area contributed by atoms with Gasteiger partial charge in [0.25, 0.3) is 0 Å². The summed E-state index contributed by atoms with van der Waals surface area (Å²) < 4.78 is 0.